The number of oxazole rings is 1. The van der Waals surface area contributed by atoms with Gasteiger partial charge in [0.15, 0.2) is 5.58 Å². The lowest BCUT2D eigenvalue weighted by molar-refractivity contribution is 0.234. The Morgan fingerprint density at radius 2 is 1.78 bits per heavy atom. The summed E-state index contributed by atoms with van der Waals surface area (Å²) in [5.74, 6) is -2.93. The van der Waals surface area contributed by atoms with Crippen LogP contribution in [0, 0.1) is 0 Å². The Balaban J connectivity index is 1.71. The number of nitrogens with zero attached hydrogens (tertiary/aromatic N) is 1. The van der Waals surface area contributed by atoms with Gasteiger partial charge in [-0.05, 0) is 29.8 Å². The molecule has 1 heterocycles. The van der Waals surface area contributed by atoms with Crippen LogP contribution in [0.2, 0.25) is 0 Å². The molecule has 0 atom stereocenters. The zero-order valence-corrected chi connectivity index (χ0v) is 13.3. The largest absolute Gasteiger partial charge is 0.431 e. The van der Waals surface area contributed by atoms with Crippen LogP contribution in [0.15, 0.2) is 63.1 Å². The minimum Gasteiger partial charge on any atom is -0.431 e. The predicted octanol–water partition coefficient (Wildman–Crippen LogP) is 4.12. The van der Waals surface area contributed by atoms with Crippen molar-refractivity contribution in [2.75, 3.05) is 0 Å². The zero-order valence-electron chi connectivity index (χ0n) is 11.6. The monoisotopic (exact) mass is 355 g/mol. The normalized spacial score (nSPS) is 12.1. The number of halogens is 2. The second-order valence-corrected chi connectivity index (χ2v) is 7.53. The lowest BCUT2D eigenvalue weighted by atomic mass is 10.2. The molecular formula is C15H11F2NO3S2. The molecule has 120 valence electrons. The minimum atomic E-state index is -4.55. The van der Waals surface area contributed by atoms with Gasteiger partial charge >= 0.3 is 5.76 Å². The summed E-state index contributed by atoms with van der Waals surface area (Å²) in [4.78, 5) is 3.92. The fourth-order valence-electron chi connectivity index (χ4n) is 1.94. The van der Waals surface area contributed by atoms with Crippen molar-refractivity contribution in [3.8, 4) is 0 Å². The van der Waals surface area contributed by atoms with Crippen molar-refractivity contribution in [2.45, 2.75) is 21.6 Å². The molecule has 0 aliphatic rings. The lowest BCUT2D eigenvalue weighted by Crippen LogP contribution is -2.11. The van der Waals surface area contributed by atoms with Gasteiger partial charge in [-0.15, -0.1) is 0 Å². The van der Waals surface area contributed by atoms with Crippen LogP contribution in [0.3, 0.4) is 0 Å². The molecule has 0 fully saturated rings. The standard InChI is InChI=1S/C15H11F2NO3S2/c16-14(17)23(19,20)11-7-5-10(6-8-11)9-22-15-18-12-3-1-2-4-13(12)21-15/h1-8,14H,9H2. The fraction of sp³-hybridized carbons (Fsp3) is 0.133. The van der Waals surface area contributed by atoms with E-state index in [1.54, 1.807) is 0 Å². The highest BCUT2D eigenvalue weighted by atomic mass is 32.2. The van der Waals surface area contributed by atoms with Gasteiger partial charge in [-0.3, -0.25) is 0 Å². The third-order valence-corrected chi connectivity index (χ3v) is 5.42. The summed E-state index contributed by atoms with van der Waals surface area (Å²) >= 11 is 1.34. The second-order valence-electron chi connectivity index (χ2n) is 4.69. The highest BCUT2D eigenvalue weighted by Crippen LogP contribution is 2.27. The summed E-state index contributed by atoms with van der Waals surface area (Å²) < 4.78 is 53.2. The van der Waals surface area contributed by atoms with Crippen LogP contribution < -0.4 is 0 Å². The van der Waals surface area contributed by atoms with Crippen molar-refractivity contribution in [1.82, 2.24) is 4.98 Å². The van der Waals surface area contributed by atoms with Crippen molar-refractivity contribution in [3.63, 3.8) is 0 Å². The maximum Gasteiger partial charge on any atom is 0.341 e. The van der Waals surface area contributed by atoms with Crippen LogP contribution in [0.25, 0.3) is 11.1 Å². The van der Waals surface area contributed by atoms with E-state index in [0.717, 1.165) is 11.1 Å². The number of hydrogen-bond donors (Lipinski definition) is 0. The molecule has 2 aromatic carbocycles. The highest BCUT2D eigenvalue weighted by molar-refractivity contribution is 7.98. The average Bonchev–Trinajstić information content (AvgIpc) is 2.96. The SMILES string of the molecule is O=S(=O)(c1ccc(CSc2nc3ccccc3o2)cc1)C(F)F. The molecule has 23 heavy (non-hydrogen) atoms. The van der Waals surface area contributed by atoms with Crippen LogP contribution in [-0.4, -0.2) is 19.2 Å². The maximum atomic E-state index is 12.5. The number of alkyl halides is 2. The number of fused-ring (bicyclic) bond motifs is 1. The molecule has 0 radical (unpaired) electrons. The summed E-state index contributed by atoms with van der Waals surface area (Å²) in [6, 6.07) is 12.7. The van der Waals surface area contributed by atoms with Gasteiger partial charge in [0, 0.05) is 5.75 Å². The van der Waals surface area contributed by atoms with Crippen LogP contribution >= 0.6 is 11.8 Å². The van der Waals surface area contributed by atoms with E-state index in [4.69, 9.17) is 4.42 Å². The molecule has 0 aliphatic heterocycles. The van der Waals surface area contributed by atoms with Gasteiger partial charge in [0.25, 0.3) is 5.22 Å². The topological polar surface area (TPSA) is 60.2 Å². The number of para-hydroxylation sites is 2. The average molecular weight is 355 g/mol. The summed E-state index contributed by atoms with van der Waals surface area (Å²) in [6.07, 6.45) is 0. The predicted molar refractivity (Wildman–Crippen MR) is 83.2 cm³/mol. The van der Waals surface area contributed by atoms with Crippen molar-refractivity contribution < 1.29 is 21.6 Å². The molecule has 0 bridgehead atoms. The quantitative estimate of drug-likeness (QED) is 0.645. The lowest BCUT2D eigenvalue weighted by Gasteiger charge is -2.04. The van der Waals surface area contributed by atoms with Crippen molar-refractivity contribution >= 4 is 32.7 Å². The molecule has 0 unspecified atom stereocenters. The van der Waals surface area contributed by atoms with E-state index in [0.29, 0.717) is 16.6 Å². The van der Waals surface area contributed by atoms with Gasteiger partial charge in [-0.2, -0.15) is 8.78 Å². The van der Waals surface area contributed by atoms with Crippen molar-refractivity contribution in [3.05, 3.63) is 54.1 Å². The van der Waals surface area contributed by atoms with E-state index in [-0.39, 0.29) is 4.90 Å². The smallest absolute Gasteiger partial charge is 0.341 e. The molecule has 0 spiro atoms. The van der Waals surface area contributed by atoms with E-state index in [9.17, 15) is 17.2 Å². The Kier molecular flexibility index (Phi) is 4.36. The molecule has 0 amide bonds. The summed E-state index contributed by atoms with van der Waals surface area (Å²) in [5, 5.41) is 0.496. The van der Waals surface area contributed by atoms with Gasteiger partial charge < -0.3 is 4.42 Å². The Hall–Kier alpha value is -1.93. The summed E-state index contributed by atoms with van der Waals surface area (Å²) in [5.41, 5.74) is 2.23. The Morgan fingerprint density at radius 1 is 1.09 bits per heavy atom. The molecule has 0 aliphatic carbocycles. The summed E-state index contributed by atoms with van der Waals surface area (Å²) in [7, 11) is -4.55. The molecule has 0 saturated heterocycles. The van der Waals surface area contributed by atoms with Crippen molar-refractivity contribution in [2.24, 2.45) is 0 Å². The van der Waals surface area contributed by atoms with E-state index in [1.807, 2.05) is 24.3 Å². The van der Waals surface area contributed by atoms with E-state index in [2.05, 4.69) is 4.98 Å². The maximum absolute atomic E-state index is 12.5. The first kappa shape index (κ1) is 15.9. The van der Waals surface area contributed by atoms with Gasteiger partial charge in [-0.25, -0.2) is 13.4 Å². The van der Waals surface area contributed by atoms with Gasteiger partial charge in [-0.1, -0.05) is 36.0 Å². The summed E-state index contributed by atoms with van der Waals surface area (Å²) in [6.45, 7) is 0. The van der Waals surface area contributed by atoms with Crippen molar-refractivity contribution in [1.29, 1.82) is 0 Å². The number of rotatable bonds is 5. The molecule has 8 heteroatoms. The number of sulfone groups is 1. The minimum absolute atomic E-state index is 0.386. The molecule has 0 N–H and O–H groups in total. The van der Waals surface area contributed by atoms with E-state index < -0.39 is 15.6 Å². The first-order valence-corrected chi connectivity index (χ1v) is 9.09. The molecule has 4 nitrogen and oxygen atoms in total. The van der Waals surface area contributed by atoms with E-state index >= 15 is 0 Å². The van der Waals surface area contributed by atoms with Gasteiger partial charge in [0.1, 0.15) is 5.52 Å². The number of benzene rings is 2. The second kappa shape index (κ2) is 6.29. The number of hydrogen-bond acceptors (Lipinski definition) is 5. The molecular weight excluding hydrogens is 344 g/mol. The highest BCUT2D eigenvalue weighted by Gasteiger charge is 2.26. The fourth-order valence-corrected chi connectivity index (χ4v) is 3.45. The molecule has 0 saturated carbocycles. The van der Waals surface area contributed by atoms with Crippen LogP contribution in [0.1, 0.15) is 5.56 Å². The van der Waals surface area contributed by atoms with Gasteiger partial charge in [0.2, 0.25) is 9.84 Å². The molecule has 3 rings (SSSR count). The zero-order chi connectivity index (χ0) is 16.4. The molecule has 3 aromatic rings. The Bertz CT molecular complexity index is 888. The Labute approximate surface area is 135 Å². The molecule has 1 aromatic heterocycles. The Morgan fingerprint density at radius 3 is 2.43 bits per heavy atom. The number of aromatic nitrogens is 1. The number of thioether (sulfide) groups is 1. The first-order valence-electron chi connectivity index (χ1n) is 6.56. The third-order valence-electron chi connectivity index (χ3n) is 3.12. The first-order chi connectivity index (χ1) is 11.0. The third kappa shape index (κ3) is 3.37. The van der Waals surface area contributed by atoms with Crippen LogP contribution in [-0.2, 0) is 15.6 Å². The van der Waals surface area contributed by atoms with Gasteiger partial charge in [0.05, 0.1) is 4.90 Å². The van der Waals surface area contributed by atoms with E-state index in [1.165, 1.54) is 36.0 Å². The van der Waals surface area contributed by atoms with Crippen LogP contribution in [0.4, 0.5) is 8.78 Å². The van der Waals surface area contributed by atoms with Crippen LogP contribution in [0.5, 0.6) is 0 Å².